The van der Waals surface area contributed by atoms with Crippen molar-refractivity contribution in [2.45, 2.75) is 0 Å². The Balaban J connectivity index is 1.96. The van der Waals surface area contributed by atoms with Crippen LogP contribution in [-0.4, -0.2) is 23.8 Å². The molecule has 0 unspecified atom stereocenters. The third kappa shape index (κ3) is 6.19. The number of benzene rings is 2. The second-order valence-corrected chi connectivity index (χ2v) is 9.31. The molecule has 0 aromatic heterocycles. The van der Waals surface area contributed by atoms with Crippen LogP contribution < -0.4 is 10.2 Å². The minimum atomic E-state index is -0.429. The Kier molecular flexibility index (Phi) is 8.18. The molecule has 5 nitrogen and oxygen atoms in total. The maximum atomic E-state index is 11.9. The van der Waals surface area contributed by atoms with Crippen molar-refractivity contribution in [1.29, 1.82) is 0 Å². The number of carbonyl (C=O) groups is 1. The predicted octanol–water partition coefficient (Wildman–Crippen LogP) is 5.58. The van der Waals surface area contributed by atoms with Crippen LogP contribution in [0.1, 0.15) is 5.56 Å². The summed E-state index contributed by atoms with van der Waals surface area (Å²) in [5.41, 5.74) is 2.84. The number of hydrazone groups is 1. The summed E-state index contributed by atoms with van der Waals surface area (Å²) < 4.78 is 9.25. The van der Waals surface area contributed by atoms with E-state index < -0.39 is 5.91 Å². The molecule has 0 saturated heterocycles. The number of phenolic OH excluding ortho intramolecular Hbond substituents is 1. The van der Waals surface area contributed by atoms with E-state index in [0.29, 0.717) is 23.8 Å². The molecule has 0 aliphatic heterocycles. The molecule has 0 heterocycles. The number of hydrogen-bond acceptors (Lipinski definition) is 4. The zero-order valence-corrected chi connectivity index (χ0v) is 20.7. The number of rotatable bonds is 5. The lowest BCUT2D eigenvalue weighted by Crippen LogP contribution is -2.24. The lowest BCUT2D eigenvalue weighted by Gasteiger charge is -2.10. The maximum absolute atomic E-state index is 11.9. The molecular weight excluding hydrogens is 703 g/mol. The third-order valence-corrected chi connectivity index (χ3v) is 5.68. The Morgan fingerprint density at radius 2 is 1.76 bits per heavy atom. The molecule has 1 amide bonds. The van der Waals surface area contributed by atoms with Gasteiger partial charge in [-0.2, -0.15) is 5.10 Å². The summed E-state index contributed by atoms with van der Waals surface area (Å²) in [7, 11) is 0. The van der Waals surface area contributed by atoms with E-state index in [1.165, 1.54) is 6.21 Å². The fraction of sp³-hybridized carbons (Fsp3) is 0.0667. The van der Waals surface area contributed by atoms with Crippen LogP contribution in [0.3, 0.4) is 0 Å². The molecule has 2 rings (SSSR count). The van der Waals surface area contributed by atoms with Gasteiger partial charge in [0.25, 0.3) is 5.91 Å². The molecule has 0 radical (unpaired) electrons. The quantitative estimate of drug-likeness (QED) is 0.242. The first-order valence-corrected chi connectivity index (χ1v) is 10.8. The van der Waals surface area contributed by atoms with Gasteiger partial charge in [0, 0.05) is 14.5 Å². The summed E-state index contributed by atoms with van der Waals surface area (Å²) in [5, 5.41) is 13.8. The summed E-state index contributed by atoms with van der Waals surface area (Å²) in [6.45, 7) is -0.210. The summed E-state index contributed by atoms with van der Waals surface area (Å²) in [5.74, 6) is 0.185. The van der Waals surface area contributed by atoms with Gasteiger partial charge in [-0.15, -0.1) is 0 Å². The van der Waals surface area contributed by atoms with E-state index in [1.54, 1.807) is 12.1 Å². The van der Waals surface area contributed by atoms with Crippen LogP contribution in [0.4, 0.5) is 0 Å². The highest BCUT2D eigenvalue weighted by Crippen LogP contribution is 2.36. The number of ether oxygens (including phenoxy) is 1. The van der Waals surface area contributed by atoms with Crippen molar-refractivity contribution in [3.63, 3.8) is 0 Å². The average Bonchev–Trinajstić information content (AvgIpc) is 2.50. The molecule has 2 aromatic rings. The molecule has 0 saturated carbocycles. The van der Waals surface area contributed by atoms with Crippen LogP contribution >= 0.6 is 86.3 Å². The number of nitrogens with one attached hydrogen (secondary N) is 1. The van der Waals surface area contributed by atoms with Crippen LogP contribution in [0.5, 0.6) is 11.5 Å². The largest absolute Gasteiger partial charge is 0.506 e. The molecule has 0 aliphatic rings. The van der Waals surface area contributed by atoms with Crippen LogP contribution in [0.25, 0.3) is 0 Å². The Hall–Kier alpha value is -0.170. The topological polar surface area (TPSA) is 70.9 Å². The first kappa shape index (κ1) is 21.1. The Morgan fingerprint density at radius 1 is 1.16 bits per heavy atom. The zero-order valence-electron chi connectivity index (χ0n) is 12.2. The number of hydrogen-bond donors (Lipinski definition) is 2. The number of nitrogens with zero attached hydrogens (tertiary/aromatic N) is 1. The van der Waals surface area contributed by atoms with E-state index in [-0.39, 0.29) is 12.4 Å². The molecular formula is C15H9Br4IN2O3. The van der Waals surface area contributed by atoms with Crippen molar-refractivity contribution in [2.75, 3.05) is 6.61 Å². The monoisotopic (exact) mass is 708 g/mol. The van der Waals surface area contributed by atoms with Gasteiger partial charge in [-0.25, -0.2) is 5.43 Å². The van der Waals surface area contributed by atoms with Crippen LogP contribution in [0, 0.1) is 3.57 Å². The SMILES string of the molecule is O=C(COc1c(Br)cc(Br)cc1Br)N/N=C/c1cc(Br)cc(I)c1O. The average molecular weight is 712 g/mol. The minimum absolute atomic E-state index is 0.0979. The Morgan fingerprint density at radius 3 is 2.40 bits per heavy atom. The van der Waals surface area contributed by atoms with Gasteiger partial charge >= 0.3 is 0 Å². The molecule has 0 bridgehead atoms. The number of aromatic hydroxyl groups is 1. The van der Waals surface area contributed by atoms with E-state index in [0.717, 1.165) is 8.95 Å². The summed E-state index contributed by atoms with van der Waals surface area (Å²) >= 11 is 15.5. The summed E-state index contributed by atoms with van der Waals surface area (Å²) in [6.07, 6.45) is 1.37. The lowest BCUT2D eigenvalue weighted by atomic mass is 10.2. The number of amides is 1. The van der Waals surface area contributed by atoms with Gasteiger partial charge in [0.05, 0.1) is 18.7 Å². The second kappa shape index (κ2) is 9.67. The van der Waals surface area contributed by atoms with E-state index in [1.807, 2.05) is 34.7 Å². The minimum Gasteiger partial charge on any atom is -0.506 e. The van der Waals surface area contributed by atoms with E-state index in [4.69, 9.17) is 4.74 Å². The summed E-state index contributed by atoms with van der Waals surface area (Å²) in [6, 6.07) is 7.09. The standard InChI is InChI=1S/C15H9Br4IN2O3/c16-8-1-7(14(24)12(20)4-8)5-21-22-13(23)6-25-15-10(18)2-9(17)3-11(15)19/h1-5,24H,6H2,(H,22,23)/b21-5+. The number of halogens is 5. The van der Waals surface area contributed by atoms with Gasteiger partial charge < -0.3 is 9.84 Å². The Bertz CT molecular complexity index is 823. The second-order valence-electron chi connectivity index (χ2n) is 4.61. The van der Waals surface area contributed by atoms with E-state index >= 15 is 0 Å². The first-order valence-electron chi connectivity index (χ1n) is 6.55. The highest BCUT2D eigenvalue weighted by molar-refractivity contribution is 14.1. The van der Waals surface area contributed by atoms with E-state index in [2.05, 4.69) is 74.2 Å². The molecule has 25 heavy (non-hydrogen) atoms. The highest BCUT2D eigenvalue weighted by atomic mass is 127. The lowest BCUT2D eigenvalue weighted by molar-refractivity contribution is -0.123. The molecule has 2 aromatic carbocycles. The van der Waals surface area contributed by atoms with Crippen LogP contribution in [0.2, 0.25) is 0 Å². The predicted molar refractivity (Wildman–Crippen MR) is 119 cm³/mol. The fourth-order valence-electron chi connectivity index (χ4n) is 1.69. The van der Waals surface area contributed by atoms with Crippen molar-refractivity contribution < 1.29 is 14.6 Å². The molecule has 0 fully saturated rings. The van der Waals surface area contributed by atoms with Crippen molar-refractivity contribution in [3.05, 3.63) is 51.3 Å². The van der Waals surface area contributed by atoms with Gasteiger partial charge in [0.15, 0.2) is 6.61 Å². The normalized spacial score (nSPS) is 10.9. The maximum Gasteiger partial charge on any atom is 0.277 e. The molecule has 0 aliphatic carbocycles. The molecule has 0 spiro atoms. The van der Waals surface area contributed by atoms with Gasteiger partial charge in [-0.05, 0) is 78.7 Å². The summed E-state index contributed by atoms with van der Waals surface area (Å²) in [4.78, 5) is 11.9. The van der Waals surface area contributed by atoms with Gasteiger partial charge in [0.1, 0.15) is 11.5 Å². The number of phenols is 1. The van der Waals surface area contributed by atoms with Gasteiger partial charge in [0.2, 0.25) is 0 Å². The van der Waals surface area contributed by atoms with Crippen molar-refractivity contribution in [3.8, 4) is 11.5 Å². The van der Waals surface area contributed by atoms with E-state index in [9.17, 15) is 9.90 Å². The fourth-order valence-corrected chi connectivity index (χ4v) is 5.73. The van der Waals surface area contributed by atoms with Crippen LogP contribution in [-0.2, 0) is 4.79 Å². The zero-order chi connectivity index (χ0) is 18.6. The number of carbonyl (C=O) groups excluding carboxylic acids is 1. The Labute approximate surface area is 191 Å². The van der Waals surface area contributed by atoms with Gasteiger partial charge in [-0.1, -0.05) is 31.9 Å². The van der Waals surface area contributed by atoms with Crippen LogP contribution in [0.15, 0.2) is 47.3 Å². The smallest absolute Gasteiger partial charge is 0.277 e. The van der Waals surface area contributed by atoms with Crippen molar-refractivity contribution in [1.82, 2.24) is 5.43 Å². The van der Waals surface area contributed by atoms with Crippen molar-refractivity contribution >= 4 is 98.4 Å². The third-order valence-electron chi connectivity index (χ3n) is 2.76. The highest BCUT2D eigenvalue weighted by Gasteiger charge is 2.10. The molecule has 0 atom stereocenters. The van der Waals surface area contributed by atoms with Gasteiger partial charge in [-0.3, -0.25) is 4.79 Å². The molecule has 10 heteroatoms. The van der Waals surface area contributed by atoms with Crippen molar-refractivity contribution in [2.24, 2.45) is 5.10 Å². The molecule has 132 valence electrons. The first-order chi connectivity index (χ1) is 11.8. The molecule has 2 N–H and O–H groups in total.